The lowest BCUT2D eigenvalue weighted by atomic mass is 9.96. The summed E-state index contributed by atoms with van der Waals surface area (Å²) < 4.78 is 0. The lowest BCUT2D eigenvalue weighted by Crippen LogP contribution is -2.12. The third-order valence-corrected chi connectivity index (χ3v) is 5.76. The Morgan fingerprint density at radius 3 is 2.51 bits per heavy atom. The molecule has 0 spiro atoms. The van der Waals surface area contributed by atoms with E-state index in [-0.39, 0.29) is 5.92 Å². The largest absolute Gasteiger partial charge is 0.481 e. The minimum Gasteiger partial charge on any atom is -0.481 e. The molecule has 4 nitrogen and oxygen atoms in total. The fourth-order valence-electron chi connectivity index (χ4n) is 3.66. The van der Waals surface area contributed by atoms with Crippen molar-refractivity contribution in [1.82, 2.24) is 0 Å². The molecule has 0 amide bonds. The first-order valence-electron chi connectivity index (χ1n) is 12.6. The number of rotatable bonds is 12. The minimum atomic E-state index is -0.699. The molecule has 2 N–H and O–H groups in total. The third kappa shape index (κ3) is 11.4. The van der Waals surface area contributed by atoms with Crippen LogP contribution in [-0.4, -0.2) is 17.4 Å². The van der Waals surface area contributed by atoms with Crippen molar-refractivity contribution < 1.29 is 14.7 Å². The van der Waals surface area contributed by atoms with E-state index in [1.54, 1.807) is 6.08 Å². The van der Waals surface area contributed by atoms with E-state index in [1.165, 1.54) is 5.56 Å². The van der Waals surface area contributed by atoms with Crippen molar-refractivity contribution in [3.05, 3.63) is 133 Å². The lowest BCUT2D eigenvalue weighted by molar-refractivity contribution is -0.141. The topological polar surface area (TPSA) is 66.4 Å². The van der Waals surface area contributed by atoms with E-state index in [4.69, 9.17) is 5.11 Å². The Kier molecular flexibility index (Phi) is 13.6. The molecule has 192 valence electrons. The van der Waals surface area contributed by atoms with Gasteiger partial charge in [-0.1, -0.05) is 111 Å². The molecule has 1 atom stereocenters. The summed E-state index contributed by atoms with van der Waals surface area (Å²) in [5, 5.41) is 12.3. The second-order valence-corrected chi connectivity index (χ2v) is 8.53. The van der Waals surface area contributed by atoms with Crippen LogP contribution in [0.1, 0.15) is 43.7 Å². The monoisotopic (exact) mass is 495 g/mol. The van der Waals surface area contributed by atoms with Crippen LogP contribution < -0.4 is 5.32 Å². The number of carbonyl (C=O) groups excluding carboxylic acids is 1. The SMILES string of the molecule is C=C/C=C(\C=C/CC=O)c1ccc(NCc2ccccc2)cc1.CCC(CC1=CC=CCC=C1)C(=O)O. The molecule has 37 heavy (non-hydrogen) atoms. The van der Waals surface area contributed by atoms with E-state index < -0.39 is 5.97 Å². The summed E-state index contributed by atoms with van der Waals surface area (Å²) in [6.45, 7) is 6.46. The summed E-state index contributed by atoms with van der Waals surface area (Å²) in [6.07, 6.45) is 21.2. The molecule has 3 rings (SSSR count). The van der Waals surface area contributed by atoms with Crippen LogP contribution in [0.15, 0.2) is 121 Å². The zero-order chi connectivity index (χ0) is 26.7. The van der Waals surface area contributed by atoms with E-state index in [0.717, 1.165) is 41.6 Å². The summed E-state index contributed by atoms with van der Waals surface area (Å²) in [6, 6.07) is 18.5. The molecule has 0 bridgehead atoms. The van der Waals surface area contributed by atoms with Crippen LogP contribution in [0.5, 0.6) is 0 Å². The maximum atomic E-state index is 10.8. The number of aldehydes is 1. The van der Waals surface area contributed by atoms with Gasteiger partial charge in [0.1, 0.15) is 6.29 Å². The Morgan fingerprint density at radius 1 is 1.11 bits per heavy atom. The van der Waals surface area contributed by atoms with Crippen molar-refractivity contribution in [2.45, 2.75) is 39.2 Å². The van der Waals surface area contributed by atoms with Crippen LogP contribution in [0.25, 0.3) is 5.57 Å². The molecular weight excluding hydrogens is 458 g/mol. The highest BCUT2D eigenvalue weighted by molar-refractivity contribution is 5.76. The number of allylic oxidation sites excluding steroid dienone is 11. The third-order valence-electron chi connectivity index (χ3n) is 5.76. The number of carbonyl (C=O) groups is 2. The molecule has 1 aliphatic rings. The molecule has 1 aliphatic carbocycles. The second-order valence-electron chi connectivity index (χ2n) is 8.53. The number of carboxylic acids is 1. The summed E-state index contributed by atoms with van der Waals surface area (Å²) in [7, 11) is 0. The van der Waals surface area contributed by atoms with Crippen molar-refractivity contribution in [2.24, 2.45) is 5.92 Å². The van der Waals surface area contributed by atoms with Gasteiger partial charge in [-0.15, -0.1) is 0 Å². The molecule has 0 heterocycles. The maximum absolute atomic E-state index is 10.8. The van der Waals surface area contributed by atoms with Crippen LogP contribution in [0.3, 0.4) is 0 Å². The average Bonchev–Trinajstić information content (AvgIpc) is 3.20. The summed E-state index contributed by atoms with van der Waals surface area (Å²) in [4.78, 5) is 21.2. The van der Waals surface area contributed by atoms with E-state index >= 15 is 0 Å². The first-order chi connectivity index (χ1) is 18.1. The predicted octanol–water partition coefficient (Wildman–Crippen LogP) is 7.94. The quantitative estimate of drug-likeness (QED) is 0.232. The van der Waals surface area contributed by atoms with Gasteiger partial charge in [0, 0.05) is 18.7 Å². The predicted molar refractivity (Wildman–Crippen MR) is 155 cm³/mol. The minimum absolute atomic E-state index is 0.252. The van der Waals surface area contributed by atoms with Crippen molar-refractivity contribution in [3.8, 4) is 0 Å². The van der Waals surface area contributed by atoms with Gasteiger partial charge < -0.3 is 15.2 Å². The Hall–Kier alpha value is -4.18. The van der Waals surface area contributed by atoms with Gasteiger partial charge in [0.05, 0.1) is 5.92 Å². The summed E-state index contributed by atoms with van der Waals surface area (Å²) >= 11 is 0. The molecule has 0 aliphatic heterocycles. The van der Waals surface area contributed by atoms with Gasteiger partial charge in [-0.3, -0.25) is 4.79 Å². The van der Waals surface area contributed by atoms with E-state index in [0.29, 0.717) is 19.3 Å². The van der Waals surface area contributed by atoms with Crippen molar-refractivity contribution in [3.63, 3.8) is 0 Å². The molecule has 4 heteroatoms. The Bertz CT molecular complexity index is 1140. The Balaban J connectivity index is 0.000000294. The first-order valence-corrected chi connectivity index (χ1v) is 12.6. The summed E-state index contributed by atoms with van der Waals surface area (Å²) in [5.74, 6) is -0.951. The van der Waals surface area contributed by atoms with Gasteiger partial charge in [0.15, 0.2) is 0 Å². The summed E-state index contributed by atoms with van der Waals surface area (Å²) in [5.41, 5.74) is 5.56. The normalized spacial score (nSPS) is 13.6. The zero-order valence-corrected chi connectivity index (χ0v) is 21.6. The van der Waals surface area contributed by atoms with Gasteiger partial charge >= 0.3 is 5.97 Å². The molecule has 0 aromatic heterocycles. The van der Waals surface area contributed by atoms with Gasteiger partial charge in [0.25, 0.3) is 0 Å². The number of hydrogen-bond acceptors (Lipinski definition) is 3. The zero-order valence-electron chi connectivity index (χ0n) is 21.6. The van der Waals surface area contributed by atoms with Crippen molar-refractivity contribution in [1.29, 1.82) is 0 Å². The Morgan fingerprint density at radius 2 is 1.86 bits per heavy atom. The van der Waals surface area contributed by atoms with E-state index in [9.17, 15) is 9.59 Å². The Labute approximate surface area is 221 Å². The average molecular weight is 496 g/mol. The molecule has 0 fully saturated rings. The molecule has 0 saturated carbocycles. The molecule has 0 radical (unpaired) electrons. The number of hydrogen-bond donors (Lipinski definition) is 2. The van der Waals surface area contributed by atoms with E-state index in [2.05, 4.69) is 60.4 Å². The lowest BCUT2D eigenvalue weighted by Gasteiger charge is -2.09. The number of nitrogens with one attached hydrogen (secondary N) is 1. The fourth-order valence-corrected chi connectivity index (χ4v) is 3.66. The highest BCUT2D eigenvalue weighted by Gasteiger charge is 2.15. The standard InChI is InChI=1S/C21H21NO.C12H16O2/c1-2-8-19(11-6-7-16-23)20-12-14-21(15-13-20)22-17-18-9-4-3-5-10-18;1-2-11(12(13)14)9-10-7-5-3-4-6-8-10/h2-6,8-16,22H,1,7,17H2;3,5-8,11H,2,4,9H2,1H3,(H,13,14)/b11-6-,19-8+;. The van der Waals surface area contributed by atoms with Crippen LogP contribution in [0, 0.1) is 5.92 Å². The molecule has 2 aromatic rings. The molecule has 0 saturated heterocycles. The number of benzene rings is 2. The van der Waals surface area contributed by atoms with Gasteiger partial charge in [-0.2, -0.15) is 0 Å². The highest BCUT2D eigenvalue weighted by Crippen LogP contribution is 2.20. The number of carboxylic acid groups (broad SMARTS) is 1. The van der Waals surface area contributed by atoms with Crippen molar-refractivity contribution >= 4 is 23.5 Å². The first kappa shape index (κ1) is 29.1. The van der Waals surface area contributed by atoms with Crippen LogP contribution in [0.2, 0.25) is 0 Å². The van der Waals surface area contributed by atoms with Gasteiger partial charge in [0.2, 0.25) is 0 Å². The number of anilines is 1. The van der Waals surface area contributed by atoms with Gasteiger partial charge in [-0.05, 0) is 53.7 Å². The van der Waals surface area contributed by atoms with Crippen LogP contribution >= 0.6 is 0 Å². The van der Waals surface area contributed by atoms with E-state index in [1.807, 2.05) is 61.6 Å². The molecular formula is C33H37NO3. The molecule has 2 aromatic carbocycles. The van der Waals surface area contributed by atoms with Crippen LogP contribution in [0.4, 0.5) is 5.69 Å². The smallest absolute Gasteiger partial charge is 0.306 e. The van der Waals surface area contributed by atoms with Gasteiger partial charge in [-0.25, -0.2) is 0 Å². The fraction of sp³-hybridized carbons (Fsp3) is 0.212. The number of aliphatic carboxylic acids is 1. The molecule has 1 unspecified atom stereocenters. The maximum Gasteiger partial charge on any atom is 0.306 e. The highest BCUT2D eigenvalue weighted by atomic mass is 16.4. The second kappa shape index (κ2) is 17.3. The van der Waals surface area contributed by atoms with Crippen molar-refractivity contribution in [2.75, 3.05) is 5.32 Å². The van der Waals surface area contributed by atoms with Crippen LogP contribution in [-0.2, 0) is 16.1 Å².